The number of aromatic hydroxyl groups is 1. The number of pyridine rings is 1. The number of halogens is 2. The van der Waals surface area contributed by atoms with Crippen molar-refractivity contribution in [2.24, 2.45) is 11.3 Å². The monoisotopic (exact) mass is 814 g/mol. The molecule has 0 radical (unpaired) electrons. The molecule has 15 heteroatoms. The minimum atomic E-state index is -1.27. The number of terminal acetylenes is 1. The molecule has 314 valence electrons. The van der Waals surface area contributed by atoms with Crippen LogP contribution in [0.1, 0.15) is 64.9 Å². The number of fused-ring (bicyclic) bond motifs is 3. The number of piperidine rings is 1. The van der Waals surface area contributed by atoms with Crippen molar-refractivity contribution in [3.63, 3.8) is 0 Å². The maximum atomic E-state index is 17.4. The van der Waals surface area contributed by atoms with Crippen molar-refractivity contribution in [1.29, 1.82) is 0 Å². The zero-order valence-electron chi connectivity index (χ0n) is 34.1. The van der Waals surface area contributed by atoms with E-state index in [0.717, 1.165) is 51.6 Å². The highest BCUT2D eigenvalue weighted by Gasteiger charge is 2.49. The summed E-state index contributed by atoms with van der Waals surface area (Å²) in [5.41, 5.74) is -1.95. The molecule has 8 rings (SSSR count). The van der Waals surface area contributed by atoms with Crippen LogP contribution in [0.4, 0.5) is 19.4 Å². The van der Waals surface area contributed by atoms with Gasteiger partial charge in [0.1, 0.15) is 39.6 Å². The van der Waals surface area contributed by atoms with Gasteiger partial charge in [-0.15, -0.1) is 6.42 Å². The number of aliphatic hydroxyl groups is 1. The minimum absolute atomic E-state index is 0.0294. The molecule has 4 aromatic rings. The number of nitrogens with zero attached hydrogens (tertiary/aromatic N) is 6. The first-order chi connectivity index (χ1) is 28.3. The number of β-amino-alcohol motifs (C(OH)–C–C–N with tert-alkyl or cyclic N) is 1. The molecule has 0 bridgehead atoms. The quantitative estimate of drug-likeness (QED) is 0.184. The van der Waals surface area contributed by atoms with Crippen LogP contribution in [0.5, 0.6) is 17.6 Å². The topological polar surface area (TPSA) is 143 Å². The van der Waals surface area contributed by atoms with E-state index >= 15 is 8.78 Å². The summed E-state index contributed by atoms with van der Waals surface area (Å²) in [6.45, 7) is 9.63. The summed E-state index contributed by atoms with van der Waals surface area (Å²) in [7, 11) is 1.39. The van der Waals surface area contributed by atoms with Gasteiger partial charge in [-0.1, -0.05) is 18.4 Å². The number of carbonyl (C=O) groups excluding carboxylic acids is 1. The Morgan fingerprint density at radius 3 is 2.69 bits per heavy atom. The van der Waals surface area contributed by atoms with Crippen LogP contribution in [0, 0.1) is 35.3 Å². The maximum Gasteiger partial charge on any atom is 0.410 e. The predicted octanol–water partition coefficient (Wildman–Crippen LogP) is 6.29. The third-order valence-corrected chi connectivity index (χ3v) is 12.4. The highest BCUT2D eigenvalue weighted by atomic mass is 19.1. The Bertz CT molecular complexity index is 2300. The molecule has 4 unspecified atom stereocenters. The molecule has 0 spiro atoms. The van der Waals surface area contributed by atoms with Gasteiger partial charge in [0, 0.05) is 48.6 Å². The Hall–Kier alpha value is -5.04. The summed E-state index contributed by atoms with van der Waals surface area (Å²) in [5.74, 6) is 1.17. The van der Waals surface area contributed by atoms with Crippen molar-refractivity contribution in [1.82, 2.24) is 24.8 Å². The molecule has 1 amide bonds. The summed E-state index contributed by atoms with van der Waals surface area (Å²) >= 11 is 0. The summed E-state index contributed by atoms with van der Waals surface area (Å²) < 4.78 is 56.1. The number of rotatable bonds is 9. The molecule has 4 atom stereocenters. The Morgan fingerprint density at radius 1 is 1.10 bits per heavy atom. The van der Waals surface area contributed by atoms with Crippen molar-refractivity contribution in [3.8, 4) is 41.2 Å². The van der Waals surface area contributed by atoms with Gasteiger partial charge in [0.05, 0.1) is 45.1 Å². The molecule has 2 aromatic heterocycles. The van der Waals surface area contributed by atoms with Crippen LogP contribution in [0.3, 0.4) is 0 Å². The second-order valence-corrected chi connectivity index (χ2v) is 17.2. The second kappa shape index (κ2) is 16.2. The molecule has 1 aliphatic carbocycles. The summed E-state index contributed by atoms with van der Waals surface area (Å²) in [6, 6.07) is 5.56. The average molecular weight is 815 g/mol. The number of benzene rings is 2. The number of ether oxygens (including phenoxy) is 4. The van der Waals surface area contributed by atoms with E-state index < -0.39 is 17.2 Å². The Balaban J connectivity index is 1.17. The zero-order chi connectivity index (χ0) is 41.6. The Kier molecular flexibility index (Phi) is 11.2. The Labute approximate surface area is 342 Å². The largest absolute Gasteiger partial charge is 0.508 e. The number of hydrogen-bond donors (Lipinski definition) is 2. The molecule has 3 saturated heterocycles. The van der Waals surface area contributed by atoms with Gasteiger partial charge in [-0.2, -0.15) is 9.97 Å². The molecule has 13 nitrogen and oxygen atoms in total. The standard InChI is InChI=1S/C44H52F2N6O7/c1-6-30-32(45)11-10-28-19-29(53)20-31(34(28)30)37-36(46)38-35(40(47-37)56-5)39(52-17-18-57-24-43(4,55)23-52)49-41(48-38)58-25-44-13-7-9-33(44)50(15-8-14-44)21-27-12-16-51(22-27)42(54)59-26(2)3/h1,10-11,19-20,26-27,33,53,55H,7-9,12-18,21-25H2,2-5H3. The molecular weight excluding hydrogens is 763 g/mol. The van der Waals surface area contributed by atoms with E-state index in [1.54, 1.807) is 11.8 Å². The number of phenols is 1. The van der Waals surface area contributed by atoms with Crippen LogP contribution in [0.15, 0.2) is 24.3 Å². The molecule has 1 saturated carbocycles. The van der Waals surface area contributed by atoms with E-state index in [1.165, 1.54) is 31.4 Å². The van der Waals surface area contributed by atoms with Gasteiger partial charge in [-0.05, 0) is 88.9 Å². The van der Waals surface area contributed by atoms with Gasteiger partial charge in [-0.25, -0.2) is 18.6 Å². The highest BCUT2D eigenvalue weighted by molar-refractivity contribution is 6.04. The highest BCUT2D eigenvalue weighted by Crippen LogP contribution is 2.49. The fourth-order valence-corrected chi connectivity index (χ4v) is 9.85. The first-order valence-electron chi connectivity index (χ1n) is 20.5. The molecule has 3 aliphatic heterocycles. The van der Waals surface area contributed by atoms with E-state index in [4.69, 9.17) is 35.3 Å². The fraction of sp³-hybridized carbons (Fsp3) is 0.545. The van der Waals surface area contributed by atoms with E-state index in [2.05, 4.69) is 15.8 Å². The smallest absolute Gasteiger partial charge is 0.410 e. The first kappa shape index (κ1) is 40.7. The number of hydrogen-bond acceptors (Lipinski definition) is 12. The summed E-state index contributed by atoms with van der Waals surface area (Å²) in [4.78, 5) is 33.0. The van der Waals surface area contributed by atoms with Crippen LogP contribution in [-0.2, 0) is 9.47 Å². The van der Waals surface area contributed by atoms with Crippen LogP contribution >= 0.6 is 0 Å². The van der Waals surface area contributed by atoms with Gasteiger partial charge < -0.3 is 39.0 Å². The van der Waals surface area contributed by atoms with Gasteiger partial charge in [-0.3, -0.25) is 4.90 Å². The third-order valence-electron chi connectivity index (χ3n) is 12.4. The van der Waals surface area contributed by atoms with Gasteiger partial charge in [0.25, 0.3) is 0 Å². The lowest BCUT2D eigenvalue weighted by Gasteiger charge is -2.47. The lowest BCUT2D eigenvalue weighted by molar-refractivity contribution is -0.0123. The van der Waals surface area contributed by atoms with E-state index in [-0.39, 0.29) is 100.0 Å². The first-order valence-corrected chi connectivity index (χ1v) is 20.5. The number of amides is 1. The normalized spacial score (nSPS) is 25.0. The van der Waals surface area contributed by atoms with E-state index in [9.17, 15) is 15.0 Å². The lowest BCUT2D eigenvalue weighted by atomic mass is 9.75. The van der Waals surface area contributed by atoms with Crippen LogP contribution in [0.25, 0.3) is 32.9 Å². The van der Waals surface area contributed by atoms with Crippen LogP contribution < -0.4 is 14.4 Å². The van der Waals surface area contributed by atoms with Crippen molar-refractivity contribution >= 4 is 33.6 Å². The number of phenolic OH excluding ortho intramolecular Hbond substituents is 1. The molecule has 2 aromatic carbocycles. The van der Waals surface area contributed by atoms with Crippen LogP contribution in [-0.4, -0.2) is 125 Å². The average Bonchev–Trinajstić information content (AvgIpc) is 3.82. The number of methoxy groups -OCH3 is 1. The Morgan fingerprint density at radius 2 is 1.92 bits per heavy atom. The number of carbonyl (C=O) groups is 1. The molecule has 5 heterocycles. The minimum Gasteiger partial charge on any atom is -0.508 e. The van der Waals surface area contributed by atoms with Crippen molar-refractivity contribution in [2.45, 2.75) is 77.0 Å². The second-order valence-electron chi connectivity index (χ2n) is 17.2. The molecule has 2 N–H and O–H groups in total. The predicted molar refractivity (Wildman–Crippen MR) is 218 cm³/mol. The van der Waals surface area contributed by atoms with Gasteiger partial charge in [0.2, 0.25) is 5.88 Å². The molecule has 4 aliphatic rings. The summed E-state index contributed by atoms with van der Waals surface area (Å²) in [5, 5.41) is 22.7. The molecule has 4 fully saturated rings. The van der Waals surface area contributed by atoms with Crippen molar-refractivity contribution in [2.75, 3.05) is 71.1 Å². The lowest BCUT2D eigenvalue weighted by Crippen LogP contribution is -2.53. The third kappa shape index (κ3) is 7.90. The van der Waals surface area contributed by atoms with E-state index in [0.29, 0.717) is 37.5 Å². The number of aromatic nitrogens is 3. The number of likely N-dealkylation sites (tertiary alicyclic amines) is 2. The van der Waals surface area contributed by atoms with Gasteiger partial charge >= 0.3 is 12.1 Å². The molecule has 59 heavy (non-hydrogen) atoms. The fourth-order valence-electron chi connectivity index (χ4n) is 9.85. The molecular formula is C44H52F2N6O7. The van der Waals surface area contributed by atoms with E-state index in [1.807, 2.05) is 18.7 Å². The SMILES string of the molecule is C#Cc1c(F)ccc2cc(O)cc(-c3nc(OC)c4c(N5CCOCC(C)(O)C5)nc(OCC56CCCC5N(CC5CCN(C(=O)OC(C)C)C5)CCC6)nc4c3F)c12. The zero-order valence-corrected chi connectivity index (χ0v) is 34.1. The van der Waals surface area contributed by atoms with Crippen molar-refractivity contribution < 1.29 is 42.7 Å². The van der Waals surface area contributed by atoms with Crippen molar-refractivity contribution in [3.05, 3.63) is 41.5 Å². The maximum absolute atomic E-state index is 17.4. The summed E-state index contributed by atoms with van der Waals surface area (Å²) in [6.07, 6.45) is 11.2. The number of anilines is 1. The van der Waals surface area contributed by atoms with Gasteiger partial charge in [0.15, 0.2) is 5.82 Å². The van der Waals surface area contributed by atoms with Crippen LogP contribution in [0.2, 0.25) is 0 Å².